The molecular formula is C9H17F2NS. The summed E-state index contributed by atoms with van der Waals surface area (Å²) in [5.74, 6) is 0. The molecule has 4 heteroatoms. The topological polar surface area (TPSA) is 3.24 Å². The molecule has 0 bridgehead atoms. The Hall–Kier alpha value is 0.170. The first-order valence-electron chi connectivity index (χ1n) is 4.64. The Bertz CT molecular complexity index is 155. The molecule has 0 amide bonds. The number of alkyl halides is 2. The second kappa shape index (κ2) is 5.15. The van der Waals surface area contributed by atoms with Gasteiger partial charge >= 0.3 is 0 Å². The van der Waals surface area contributed by atoms with E-state index in [0.29, 0.717) is 11.3 Å². The molecule has 0 heterocycles. The fourth-order valence-corrected chi connectivity index (χ4v) is 2.69. The van der Waals surface area contributed by atoms with Crippen LogP contribution in [0.5, 0.6) is 0 Å². The zero-order valence-electron chi connectivity index (χ0n) is 8.17. The lowest BCUT2D eigenvalue weighted by molar-refractivity contribution is 0.0820. The van der Waals surface area contributed by atoms with Gasteiger partial charge in [0.1, 0.15) is 0 Å². The molecule has 1 fully saturated rings. The quantitative estimate of drug-likeness (QED) is 0.699. The Balaban J connectivity index is 2.28. The first-order valence-corrected chi connectivity index (χ1v) is 5.93. The van der Waals surface area contributed by atoms with E-state index >= 15 is 0 Å². The van der Waals surface area contributed by atoms with Crippen LogP contribution in [0.25, 0.3) is 0 Å². The van der Waals surface area contributed by atoms with Crippen molar-refractivity contribution in [3.05, 3.63) is 0 Å². The van der Waals surface area contributed by atoms with Gasteiger partial charge in [-0.3, -0.25) is 4.90 Å². The molecule has 0 N–H and O–H groups in total. The molecule has 1 aliphatic rings. The van der Waals surface area contributed by atoms with Crippen molar-refractivity contribution in [2.45, 2.75) is 37.0 Å². The third-order valence-electron chi connectivity index (χ3n) is 2.74. The van der Waals surface area contributed by atoms with Crippen LogP contribution in [0.15, 0.2) is 0 Å². The van der Waals surface area contributed by atoms with Crippen LogP contribution in [0.4, 0.5) is 8.78 Å². The molecule has 1 aliphatic carbocycles. The lowest BCUT2D eigenvalue weighted by atomic mass is 10.2. The van der Waals surface area contributed by atoms with Gasteiger partial charge in [0.2, 0.25) is 0 Å². The van der Waals surface area contributed by atoms with Crippen LogP contribution in [-0.2, 0) is 0 Å². The lowest BCUT2D eigenvalue weighted by Gasteiger charge is -2.23. The van der Waals surface area contributed by atoms with Crippen LogP contribution in [-0.4, -0.2) is 42.5 Å². The molecule has 0 aromatic carbocycles. The summed E-state index contributed by atoms with van der Waals surface area (Å²) in [6.45, 7) is -0.0776. The third-order valence-corrected chi connectivity index (χ3v) is 3.83. The van der Waals surface area contributed by atoms with Crippen molar-refractivity contribution in [2.24, 2.45) is 0 Å². The first-order chi connectivity index (χ1) is 6.13. The molecule has 1 rings (SSSR count). The molecule has 0 spiro atoms. The molecule has 78 valence electrons. The summed E-state index contributed by atoms with van der Waals surface area (Å²) in [6, 6.07) is 0.381. The number of hydrogen-bond donors (Lipinski definition) is 0. The van der Waals surface area contributed by atoms with Gasteiger partial charge in [0.15, 0.2) is 0 Å². The van der Waals surface area contributed by atoms with Gasteiger partial charge in [-0.15, -0.1) is 0 Å². The van der Waals surface area contributed by atoms with Gasteiger partial charge < -0.3 is 0 Å². The molecule has 13 heavy (non-hydrogen) atoms. The molecule has 1 saturated carbocycles. The maximum atomic E-state index is 12.1. The minimum absolute atomic E-state index is 0.0776. The molecule has 0 radical (unpaired) electrons. The van der Waals surface area contributed by atoms with E-state index < -0.39 is 6.43 Å². The Labute approximate surface area is 82.9 Å². The standard InChI is InChI=1S/C9H17F2NS/c1-12(6-9(10)11)7-3-4-8(5-7)13-2/h7-9H,3-6H2,1-2H3. The van der Waals surface area contributed by atoms with Crippen LogP contribution >= 0.6 is 11.8 Å². The highest BCUT2D eigenvalue weighted by molar-refractivity contribution is 7.99. The Morgan fingerprint density at radius 2 is 2.15 bits per heavy atom. The molecule has 0 aromatic heterocycles. The van der Waals surface area contributed by atoms with Gasteiger partial charge in [-0.2, -0.15) is 11.8 Å². The summed E-state index contributed by atoms with van der Waals surface area (Å²) >= 11 is 1.86. The monoisotopic (exact) mass is 209 g/mol. The summed E-state index contributed by atoms with van der Waals surface area (Å²) in [4.78, 5) is 1.81. The average molecular weight is 209 g/mol. The highest BCUT2D eigenvalue weighted by Crippen LogP contribution is 2.30. The smallest absolute Gasteiger partial charge is 0.251 e. The van der Waals surface area contributed by atoms with E-state index in [0.717, 1.165) is 12.8 Å². The molecule has 0 aromatic rings. The molecule has 2 unspecified atom stereocenters. The van der Waals surface area contributed by atoms with E-state index in [4.69, 9.17) is 0 Å². The SMILES string of the molecule is CSC1CCC(N(C)CC(F)F)C1. The van der Waals surface area contributed by atoms with Gasteiger partial charge in [-0.05, 0) is 32.6 Å². The van der Waals surface area contributed by atoms with Crippen molar-refractivity contribution in [2.75, 3.05) is 19.8 Å². The summed E-state index contributed by atoms with van der Waals surface area (Å²) in [5, 5.41) is 0.685. The van der Waals surface area contributed by atoms with Crippen molar-refractivity contribution >= 4 is 11.8 Å². The fraction of sp³-hybridized carbons (Fsp3) is 1.00. The van der Waals surface area contributed by atoms with Crippen LogP contribution in [0, 0.1) is 0 Å². The maximum Gasteiger partial charge on any atom is 0.251 e. The Morgan fingerprint density at radius 3 is 2.62 bits per heavy atom. The second-order valence-corrected chi connectivity index (χ2v) is 4.79. The molecular weight excluding hydrogens is 192 g/mol. The normalized spacial score (nSPS) is 29.1. The minimum atomic E-state index is -2.20. The Kier molecular flexibility index (Phi) is 4.46. The van der Waals surface area contributed by atoms with Crippen LogP contribution in [0.1, 0.15) is 19.3 Å². The largest absolute Gasteiger partial charge is 0.298 e. The van der Waals surface area contributed by atoms with Crippen LogP contribution < -0.4 is 0 Å². The summed E-state index contributed by atoms with van der Waals surface area (Å²) < 4.78 is 24.1. The van der Waals surface area contributed by atoms with Gasteiger partial charge in [0.05, 0.1) is 6.54 Å². The number of halogens is 2. The van der Waals surface area contributed by atoms with Crippen molar-refractivity contribution < 1.29 is 8.78 Å². The number of hydrogen-bond acceptors (Lipinski definition) is 2. The van der Waals surface area contributed by atoms with E-state index in [1.54, 1.807) is 11.9 Å². The molecule has 2 atom stereocenters. The predicted octanol–water partition coefficient (Wildman–Crippen LogP) is 2.47. The molecule has 0 aliphatic heterocycles. The Morgan fingerprint density at radius 1 is 1.46 bits per heavy atom. The van der Waals surface area contributed by atoms with E-state index in [1.807, 2.05) is 11.8 Å². The number of rotatable bonds is 4. The number of nitrogens with zero attached hydrogens (tertiary/aromatic N) is 1. The van der Waals surface area contributed by atoms with Crippen LogP contribution in [0.3, 0.4) is 0 Å². The predicted molar refractivity (Wildman–Crippen MR) is 53.6 cm³/mol. The van der Waals surface area contributed by atoms with Crippen LogP contribution in [0.2, 0.25) is 0 Å². The molecule has 0 saturated heterocycles. The van der Waals surface area contributed by atoms with Crippen molar-refractivity contribution in [1.82, 2.24) is 4.90 Å². The number of thioether (sulfide) groups is 1. The van der Waals surface area contributed by atoms with Gasteiger partial charge in [-0.25, -0.2) is 8.78 Å². The summed E-state index contributed by atoms with van der Waals surface area (Å²) in [6.07, 6.45) is 3.23. The van der Waals surface area contributed by atoms with E-state index in [9.17, 15) is 8.78 Å². The van der Waals surface area contributed by atoms with E-state index in [2.05, 4.69) is 6.26 Å². The minimum Gasteiger partial charge on any atom is -0.298 e. The van der Waals surface area contributed by atoms with Crippen molar-refractivity contribution in [3.8, 4) is 0 Å². The highest BCUT2D eigenvalue weighted by Gasteiger charge is 2.27. The van der Waals surface area contributed by atoms with Crippen molar-refractivity contribution in [3.63, 3.8) is 0 Å². The highest BCUT2D eigenvalue weighted by atomic mass is 32.2. The summed E-state index contributed by atoms with van der Waals surface area (Å²) in [5.41, 5.74) is 0. The van der Waals surface area contributed by atoms with E-state index in [-0.39, 0.29) is 6.54 Å². The average Bonchev–Trinajstić information content (AvgIpc) is 2.50. The third kappa shape index (κ3) is 3.43. The first kappa shape index (κ1) is 11.2. The second-order valence-electron chi connectivity index (χ2n) is 3.66. The van der Waals surface area contributed by atoms with Gasteiger partial charge in [-0.1, -0.05) is 0 Å². The molecule has 1 nitrogen and oxygen atoms in total. The van der Waals surface area contributed by atoms with E-state index in [1.165, 1.54) is 6.42 Å². The summed E-state index contributed by atoms with van der Waals surface area (Å²) in [7, 11) is 1.81. The fourth-order valence-electron chi connectivity index (χ4n) is 1.90. The lowest BCUT2D eigenvalue weighted by Crippen LogP contribution is -2.33. The van der Waals surface area contributed by atoms with Gasteiger partial charge in [0, 0.05) is 11.3 Å². The zero-order chi connectivity index (χ0) is 9.84. The maximum absolute atomic E-state index is 12.1. The van der Waals surface area contributed by atoms with Gasteiger partial charge in [0.25, 0.3) is 6.43 Å². The van der Waals surface area contributed by atoms with Crippen molar-refractivity contribution in [1.29, 1.82) is 0 Å². The zero-order valence-corrected chi connectivity index (χ0v) is 8.99.